The number of nitrogens with zero attached hydrogens (tertiary/aromatic N) is 1. The Hall–Kier alpha value is -1.79. The number of aromatic nitrogens is 2. The number of halogens is 1. The molecule has 1 atom stereocenters. The van der Waals surface area contributed by atoms with Gasteiger partial charge in [-0.3, -0.25) is 0 Å². The lowest BCUT2D eigenvalue weighted by molar-refractivity contribution is 0.0431. The minimum absolute atomic E-state index is 0.347. The molecule has 3 rings (SSSR count). The number of rotatable bonds is 2. The lowest BCUT2D eigenvalue weighted by atomic mass is 9.98. The van der Waals surface area contributed by atoms with E-state index in [2.05, 4.69) is 15.3 Å². The highest BCUT2D eigenvalue weighted by Crippen LogP contribution is 2.31. The van der Waals surface area contributed by atoms with Gasteiger partial charge in [0.2, 0.25) is 0 Å². The second-order valence-corrected chi connectivity index (χ2v) is 7.19. The Kier molecular flexibility index (Phi) is 3.98. The van der Waals surface area contributed by atoms with Gasteiger partial charge in [-0.25, -0.2) is 9.78 Å². The van der Waals surface area contributed by atoms with Crippen LogP contribution in [0.15, 0.2) is 18.2 Å². The maximum atomic E-state index is 12.2. The molecule has 2 N–H and O–H groups in total. The molecule has 0 aliphatic carbocycles. The van der Waals surface area contributed by atoms with Gasteiger partial charge in [0.05, 0.1) is 17.6 Å². The lowest BCUT2D eigenvalue weighted by Gasteiger charge is -2.28. The molecule has 0 radical (unpaired) electrons. The number of imidazole rings is 1. The summed E-state index contributed by atoms with van der Waals surface area (Å²) in [5, 5.41) is 3.55. The van der Waals surface area contributed by atoms with Crippen molar-refractivity contribution in [1.29, 1.82) is 0 Å². The molecule has 1 unspecified atom stereocenters. The summed E-state index contributed by atoms with van der Waals surface area (Å²) in [5.41, 5.74) is 0.339. The molecule has 6 nitrogen and oxygen atoms in total. The van der Waals surface area contributed by atoms with Crippen molar-refractivity contribution in [3.05, 3.63) is 29.0 Å². The Bertz CT molecular complexity index is 730. The first-order valence-corrected chi connectivity index (χ1v) is 7.90. The van der Waals surface area contributed by atoms with Gasteiger partial charge >= 0.3 is 6.09 Å². The zero-order valence-electron chi connectivity index (χ0n) is 13.4. The minimum atomic E-state index is -0.714. The van der Waals surface area contributed by atoms with E-state index in [4.69, 9.17) is 21.1 Å². The number of nitrogens with one attached hydrogen (secondary N) is 2. The van der Waals surface area contributed by atoms with Gasteiger partial charge in [0, 0.05) is 18.1 Å². The average Bonchev–Trinajstić information content (AvgIpc) is 3.03. The molecule has 23 heavy (non-hydrogen) atoms. The zero-order chi connectivity index (χ0) is 16.7. The summed E-state index contributed by atoms with van der Waals surface area (Å²) in [6, 6.07) is 5.45. The molecule has 0 spiro atoms. The number of amides is 1. The number of alkyl carbamates (subject to hydrolysis) is 1. The highest BCUT2D eigenvalue weighted by molar-refractivity contribution is 6.31. The van der Waals surface area contributed by atoms with Gasteiger partial charge in [-0.1, -0.05) is 11.6 Å². The summed E-state index contributed by atoms with van der Waals surface area (Å²) in [6.07, 6.45) is 0.140. The van der Waals surface area contributed by atoms with E-state index < -0.39 is 17.2 Å². The molecule has 7 heteroatoms. The third kappa shape index (κ3) is 3.43. The summed E-state index contributed by atoms with van der Waals surface area (Å²) >= 11 is 6.01. The van der Waals surface area contributed by atoms with Crippen molar-refractivity contribution in [2.24, 2.45) is 0 Å². The van der Waals surface area contributed by atoms with Crippen molar-refractivity contribution in [2.75, 3.05) is 13.2 Å². The highest BCUT2D eigenvalue weighted by Gasteiger charge is 2.42. The maximum Gasteiger partial charge on any atom is 0.408 e. The van der Waals surface area contributed by atoms with Crippen LogP contribution < -0.4 is 5.32 Å². The van der Waals surface area contributed by atoms with E-state index >= 15 is 0 Å². The fourth-order valence-electron chi connectivity index (χ4n) is 2.61. The molecular formula is C16H20ClN3O3. The SMILES string of the molecule is CC(C)(C)OC(=O)NC1(c2nc3cc(Cl)ccc3[nH]2)CCOC1. The second kappa shape index (κ2) is 5.69. The van der Waals surface area contributed by atoms with Crippen molar-refractivity contribution in [3.63, 3.8) is 0 Å². The smallest absolute Gasteiger partial charge is 0.408 e. The number of benzene rings is 1. The number of aromatic amines is 1. The van der Waals surface area contributed by atoms with Gasteiger partial charge < -0.3 is 19.8 Å². The van der Waals surface area contributed by atoms with Crippen LogP contribution >= 0.6 is 11.6 Å². The Morgan fingerprint density at radius 2 is 2.26 bits per heavy atom. The summed E-state index contributed by atoms with van der Waals surface area (Å²) in [5.74, 6) is 0.651. The molecule has 2 heterocycles. The number of ether oxygens (including phenoxy) is 2. The molecular weight excluding hydrogens is 318 g/mol. The monoisotopic (exact) mass is 337 g/mol. The molecule has 1 fully saturated rings. The molecule has 1 aliphatic rings. The van der Waals surface area contributed by atoms with Crippen LogP contribution in [0.25, 0.3) is 11.0 Å². The third-order valence-electron chi connectivity index (χ3n) is 3.66. The molecule has 1 aliphatic heterocycles. The molecule has 2 aromatic rings. The topological polar surface area (TPSA) is 76.2 Å². The third-order valence-corrected chi connectivity index (χ3v) is 3.90. The van der Waals surface area contributed by atoms with Crippen molar-refractivity contribution in [1.82, 2.24) is 15.3 Å². The van der Waals surface area contributed by atoms with E-state index in [1.807, 2.05) is 26.8 Å². The van der Waals surface area contributed by atoms with E-state index in [9.17, 15) is 4.79 Å². The number of hydrogen-bond acceptors (Lipinski definition) is 4. The lowest BCUT2D eigenvalue weighted by Crippen LogP contribution is -2.49. The van der Waals surface area contributed by atoms with Crippen LogP contribution in [0.3, 0.4) is 0 Å². The Balaban J connectivity index is 1.91. The number of hydrogen-bond donors (Lipinski definition) is 2. The molecule has 1 saturated heterocycles. The first-order chi connectivity index (χ1) is 10.8. The van der Waals surface area contributed by atoms with Crippen molar-refractivity contribution >= 4 is 28.7 Å². The molecule has 1 aromatic carbocycles. The van der Waals surface area contributed by atoms with Gasteiger partial charge in [-0.2, -0.15) is 0 Å². The van der Waals surface area contributed by atoms with Crippen LogP contribution in [0, 0.1) is 0 Å². The Morgan fingerprint density at radius 1 is 1.48 bits per heavy atom. The van der Waals surface area contributed by atoms with Crippen LogP contribution in [0.4, 0.5) is 4.79 Å². The van der Waals surface area contributed by atoms with Crippen LogP contribution in [0.5, 0.6) is 0 Å². The standard InChI is InChI=1S/C16H20ClN3O3/c1-15(2,3)23-14(21)20-16(6-7-22-9-16)13-18-11-5-4-10(17)8-12(11)19-13/h4-5,8H,6-7,9H2,1-3H3,(H,18,19)(H,20,21). The molecule has 124 valence electrons. The van der Waals surface area contributed by atoms with Crippen molar-refractivity contribution in [2.45, 2.75) is 38.3 Å². The fourth-order valence-corrected chi connectivity index (χ4v) is 2.78. The van der Waals surface area contributed by atoms with Gasteiger partial charge in [0.1, 0.15) is 17.0 Å². The van der Waals surface area contributed by atoms with Crippen molar-refractivity contribution in [3.8, 4) is 0 Å². The Labute approximate surface area is 139 Å². The van der Waals surface area contributed by atoms with E-state index in [1.54, 1.807) is 12.1 Å². The van der Waals surface area contributed by atoms with E-state index in [0.717, 1.165) is 11.0 Å². The number of carbonyl (C=O) groups excluding carboxylic acids is 1. The predicted octanol–water partition coefficient (Wildman–Crippen LogP) is 3.36. The predicted molar refractivity (Wildman–Crippen MR) is 87.6 cm³/mol. The average molecular weight is 338 g/mol. The first kappa shape index (κ1) is 16.1. The van der Waals surface area contributed by atoms with Gasteiger partial charge in [0.15, 0.2) is 0 Å². The van der Waals surface area contributed by atoms with E-state index in [1.165, 1.54) is 0 Å². The number of carbonyl (C=O) groups is 1. The van der Waals surface area contributed by atoms with Crippen molar-refractivity contribution < 1.29 is 14.3 Å². The number of H-pyrrole nitrogens is 1. The van der Waals surface area contributed by atoms with E-state index in [0.29, 0.717) is 30.5 Å². The largest absolute Gasteiger partial charge is 0.444 e. The summed E-state index contributed by atoms with van der Waals surface area (Å²) in [6.45, 7) is 6.38. The van der Waals surface area contributed by atoms with Crippen LogP contribution in [0.2, 0.25) is 5.02 Å². The Morgan fingerprint density at radius 3 is 2.91 bits per heavy atom. The fraction of sp³-hybridized carbons (Fsp3) is 0.500. The summed E-state index contributed by atoms with van der Waals surface area (Å²) in [7, 11) is 0. The quantitative estimate of drug-likeness (QED) is 0.881. The first-order valence-electron chi connectivity index (χ1n) is 7.52. The molecule has 1 amide bonds. The normalized spacial score (nSPS) is 21.6. The molecule has 1 aromatic heterocycles. The van der Waals surface area contributed by atoms with Crippen LogP contribution in [-0.2, 0) is 15.0 Å². The molecule has 0 bridgehead atoms. The van der Waals surface area contributed by atoms with Gasteiger partial charge in [-0.05, 0) is 39.0 Å². The summed E-state index contributed by atoms with van der Waals surface area (Å²) < 4.78 is 10.9. The zero-order valence-corrected chi connectivity index (χ0v) is 14.2. The van der Waals surface area contributed by atoms with Crippen LogP contribution in [-0.4, -0.2) is 34.9 Å². The van der Waals surface area contributed by atoms with Gasteiger partial charge in [0.25, 0.3) is 0 Å². The van der Waals surface area contributed by atoms with Crippen LogP contribution in [0.1, 0.15) is 33.0 Å². The maximum absolute atomic E-state index is 12.2. The summed E-state index contributed by atoms with van der Waals surface area (Å²) in [4.78, 5) is 20.1. The molecule has 0 saturated carbocycles. The second-order valence-electron chi connectivity index (χ2n) is 6.76. The number of fused-ring (bicyclic) bond motifs is 1. The van der Waals surface area contributed by atoms with Gasteiger partial charge in [-0.15, -0.1) is 0 Å². The minimum Gasteiger partial charge on any atom is -0.444 e. The highest BCUT2D eigenvalue weighted by atomic mass is 35.5. The van der Waals surface area contributed by atoms with E-state index in [-0.39, 0.29) is 0 Å².